The van der Waals surface area contributed by atoms with Crippen LogP contribution in [0.4, 0.5) is 10.1 Å². The fraction of sp³-hybridized carbons (Fsp3) is 0.148. The molecular weight excluding hydrogens is 465 g/mol. The highest BCUT2D eigenvalue weighted by molar-refractivity contribution is 6.04. The first-order valence-electron chi connectivity index (χ1n) is 11.2. The van der Waals surface area contributed by atoms with Crippen molar-refractivity contribution in [1.82, 2.24) is 10.6 Å². The third-order valence-electron chi connectivity index (χ3n) is 5.51. The summed E-state index contributed by atoms with van der Waals surface area (Å²) in [5.74, 6) is -1.96. The quantitative estimate of drug-likeness (QED) is 0.368. The molecule has 0 fully saturated rings. The Bertz CT molecular complexity index is 1340. The molecule has 2 N–H and O–H groups in total. The molecule has 2 heterocycles. The van der Waals surface area contributed by atoms with Gasteiger partial charge < -0.3 is 19.5 Å². The van der Waals surface area contributed by atoms with Crippen LogP contribution in [0, 0.1) is 12.7 Å². The Balaban J connectivity index is 1.70. The maximum absolute atomic E-state index is 15.0. The molecule has 9 heteroatoms. The van der Waals surface area contributed by atoms with Crippen molar-refractivity contribution in [3.8, 4) is 0 Å². The van der Waals surface area contributed by atoms with Crippen LogP contribution in [0.5, 0.6) is 0 Å². The summed E-state index contributed by atoms with van der Waals surface area (Å²) in [4.78, 5) is 40.7. The number of aryl methyl sites for hydroxylation is 1. The number of para-hydroxylation sites is 1. The lowest BCUT2D eigenvalue weighted by atomic mass is 10.0. The summed E-state index contributed by atoms with van der Waals surface area (Å²) in [6.07, 6.45) is 2.81. The summed E-state index contributed by atoms with van der Waals surface area (Å²) in [6, 6.07) is 17.7. The molecular formula is C27H24FN3O5. The monoisotopic (exact) mass is 489 g/mol. The minimum absolute atomic E-state index is 0.00316. The van der Waals surface area contributed by atoms with Gasteiger partial charge in [-0.25, -0.2) is 4.39 Å². The number of hydrogen-bond donors (Lipinski definition) is 2. The van der Waals surface area contributed by atoms with Gasteiger partial charge in [-0.3, -0.25) is 19.3 Å². The summed E-state index contributed by atoms with van der Waals surface area (Å²) in [5.41, 5.74) is 1.09. The fourth-order valence-electron chi connectivity index (χ4n) is 3.77. The Morgan fingerprint density at radius 3 is 2.31 bits per heavy atom. The highest BCUT2D eigenvalue weighted by Crippen LogP contribution is 2.31. The average Bonchev–Trinajstić information content (AvgIpc) is 3.60. The van der Waals surface area contributed by atoms with E-state index in [1.807, 2.05) is 0 Å². The van der Waals surface area contributed by atoms with Crippen molar-refractivity contribution in [2.24, 2.45) is 0 Å². The van der Waals surface area contributed by atoms with Crippen LogP contribution in [0.25, 0.3) is 0 Å². The number of nitrogens with zero attached hydrogens (tertiary/aromatic N) is 1. The number of rotatable bonds is 9. The maximum Gasteiger partial charge on any atom is 0.287 e. The van der Waals surface area contributed by atoms with E-state index in [-0.39, 0.29) is 17.9 Å². The van der Waals surface area contributed by atoms with Gasteiger partial charge in [0.25, 0.3) is 5.91 Å². The second-order valence-electron chi connectivity index (χ2n) is 7.93. The van der Waals surface area contributed by atoms with E-state index in [9.17, 15) is 14.4 Å². The van der Waals surface area contributed by atoms with E-state index in [1.165, 1.54) is 41.7 Å². The lowest BCUT2D eigenvalue weighted by Crippen LogP contribution is -2.48. The number of anilines is 1. The molecule has 8 nitrogen and oxygen atoms in total. The van der Waals surface area contributed by atoms with Crippen LogP contribution in [0.3, 0.4) is 0 Å². The predicted octanol–water partition coefficient (Wildman–Crippen LogP) is 4.14. The molecule has 0 radical (unpaired) electrons. The molecule has 0 aliphatic carbocycles. The standard InChI is InChI=1S/C27H24FN3O5/c1-18-8-2-5-12-22(18)31(24(32)17-30-26(33)23-13-7-15-36-23)25(20-10-3-4-11-21(20)28)27(34)29-16-19-9-6-14-35-19/h2-15,25H,16-17H2,1H3,(H,29,34)(H,30,33). The van der Waals surface area contributed by atoms with Crippen LogP contribution in [0.15, 0.2) is 94.2 Å². The minimum Gasteiger partial charge on any atom is -0.467 e. The molecule has 0 saturated carbocycles. The third kappa shape index (κ3) is 5.52. The van der Waals surface area contributed by atoms with Gasteiger partial charge in [0.05, 0.1) is 25.6 Å². The highest BCUT2D eigenvalue weighted by atomic mass is 19.1. The molecule has 3 amide bonds. The molecule has 4 aromatic rings. The molecule has 4 rings (SSSR count). The van der Waals surface area contributed by atoms with Crippen LogP contribution in [-0.2, 0) is 16.1 Å². The first kappa shape index (κ1) is 24.5. The van der Waals surface area contributed by atoms with E-state index in [2.05, 4.69) is 10.6 Å². The number of carbonyl (C=O) groups is 3. The molecule has 184 valence electrons. The first-order chi connectivity index (χ1) is 17.5. The van der Waals surface area contributed by atoms with Crippen LogP contribution in [0.1, 0.15) is 33.5 Å². The molecule has 0 aliphatic rings. The average molecular weight is 490 g/mol. The van der Waals surface area contributed by atoms with Crippen molar-refractivity contribution in [3.05, 3.63) is 114 Å². The van der Waals surface area contributed by atoms with Gasteiger partial charge in [-0.1, -0.05) is 36.4 Å². The second-order valence-corrected chi connectivity index (χ2v) is 7.93. The Kier molecular flexibility index (Phi) is 7.60. The van der Waals surface area contributed by atoms with Crippen molar-refractivity contribution in [2.45, 2.75) is 19.5 Å². The Labute approximate surface area is 206 Å². The number of furan rings is 2. The number of hydrogen-bond acceptors (Lipinski definition) is 5. The zero-order valence-electron chi connectivity index (χ0n) is 19.4. The van der Waals surface area contributed by atoms with Crippen molar-refractivity contribution in [3.63, 3.8) is 0 Å². The SMILES string of the molecule is Cc1ccccc1N(C(=O)CNC(=O)c1ccco1)C(C(=O)NCc1ccco1)c1ccccc1F. The van der Waals surface area contributed by atoms with Gasteiger partial charge in [0.15, 0.2) is 5.76 Å². The molecule has 2 aromatic carbocycles. The molecule has 1 atom stereocenters. The van der Waals surface area contributed by atoms with Crippen molar-refractivity contribution < 1.29 is 27.6 Å². The normalized spacial score (nSPS) is 11.5. The Morgan fingerprint density at radius 2 is 1.61 bits per heavy atom. The van der Waals surface area contributed by atoms with Gasteiger partial charge in [0, 0.05) is 11.3 Å². The number of halogens is 1. The van der Waals surface area contributed by atoms with Crippen molar-refractivity contribution in [2.75, 3.05) is 11.4 Å². The van der Waals surface area contributed by atoms with E-state index in [1.54, 1.807) is 55.5 Å². The number of carbonyl (C=O) groups excluding carboxylic acids is 3. The highest BCUT2D eigenvalue weighted by Gasteiger charge is 2.35. The van der Waals surface area contributed by atoms with E-state index in [0.29, 0.717) is 17.0 Å². The number of amides is 3. The lowest BCUT2D eigenvalue weighted by molar-refractivity contribution is -0.126. The number of nitrogens with one attached hydrogen (secondary N) is 2. The van der Waals surface area contributed by atoms with Crippen LogP contribution in [0.2, 0.25) is 0 Å². The van der Waals surface area contributed by atoms with Crippen LogP contribution < -0.4 is 15.5 Å². The van der Waals surface area contributed by atoms with E-state index in [0.717, 1.165) is 0 Å². The summed E-state index contributed by atoms with van der Waals surface area (Å²) < 4.78 is 25.4. The van der Waals surface area contributed by atoms with Gasteiger partial charge in [-0.2, -0.15) is 0 Å². The summed E-state index contributed by atoms with van der Waals surface area (Å²) >= 11 is 0. The van der Waals surface area contributed by atoms with Crippen molar-refractivity contribution >= 4 is 23.4 Å². The van der Waals surface area contributed by atoms with Crippen LogP contribution >= 0.6 is 0 Å². The smallest absolute Gasteiger partial charge is 0.287 e. The fourth-order valence-corrected chi connectivity index (χ4v) is 3.77. The van der Waals surface area contributed by atoms with Gasteiger partial charge >= 0.3 is 0 Å². The van der Waals surface area contributed by atoms with E-state index >= 15 is 4.39 Å². The van der Waals surface area contributed by atoms with E-state index < -0.39 is 36.1 Å². The molecule has 0 aliphatic heterocycles. The topological polar surface area (TPSA) is 105 Å². The number of benzene rings is 2. The zero-order valence-corrected chi connectivity index (χ0v) is 19.4. The molecule has 0 bridgehead atoms. The third-order valence-corrected chi connectivity index (χ3v) is 5.51. The molecule has 1 unspecified atom stereocenters. The van der Waals surface area contributed by atoms with Gasteiger partial charge in [-0.05, 0) is 48.9 Å². The summed E-state index contributed by atoms with van der Waals surface area (Å²) in [5, 5.41) is 5.23. The van der Waals surface area contributed by atoms with E-state index in [4.69, 9.17) is 8.83 Å². The largest absolute Gasteiger partial charge is 0.467 e. The Hall–Kier alpha value is -4.66. The minimum atomic E-state index is -1.37. The molecule has 2 aromatic heterocycles. The van der Waals surface area contributed by atoms with Gasteiger partial charge in [-0.15, -0.1) is 0 Å². The Morgan fingerprint density at radius 1 is 0.889 bits per heavy atom. The zero-order chi connectivity index (χ0) is 25.5. The van der Waals surface area contributed by atoms with Gasteiger partial charge in [0.1, 0.15) is 17.6 Å². The maximum atomic E-state index is 15.0. The predicted molar refractivity (Wildman–Crippen MR) is 129 cm³/mol. The molecule has 0 saturated heterocycles. The first-order valence-corrected chi connectivity index (χ1v) is 11.2. The summed E-state index contributed by atoms with van der Waals surface area (Å²) in [6.45, 7) is 1.36. The van der Waals surface area contributed by atoms with Crippen LogP contribution in [-0.4, -0.2) is 24.3 Å². The van der Waals surface area contributed by atoms with Gasteiger partial charge in [0.2, 0.25) is 11.8 Å². The molecule has 36 heavy (non-hydrogen) atoms. The summed E-state index contributed by atoms with van der Waals surface area (Å²) in [7, 11) is 0. The van der Waals surface area contributed by atoms with Crippen molar-refractivity contribution in [1.29, 1.82) is 0 Å². The molecule has 0 spiro atoms. The second kappa shape index (κ2) is 11.2. The lowest BCUT2D eigenvalue weighted by Gasteiger charge is -2.32.